The smallest absolute Gasteiger partial charge is 0.321 e. The Bertz CT molecular complexity index is 298. The summed E-state index contributed by atoms with van der Waals surface area (Å²) in [5.41, 5.74) is 0. The molecule has 0 aliphatic carbocycles. The second-order valence-corrected chi connectivity index (χ2v) is 6.31. The number of carbonyl (C=O) groups is 2. The topological polar surface area (TPSA) is 74.7 Å². The van der Waals surface area contributed by atoms with Gasteiger partial charge in [0.2, 0.25) is 5.91 Å². The molecule has 88 valence electrons. The molecule has 0 aromatic carbocycles. The summed E-state index contributed by atoms with van der Waals surface area (Å²) in [6.07, 6.45) is 0. The Labute approximate surface area is 91.9 Å². The van der Waals surface area contributed by atoms with E-state index in [0.29, 0.717) is 0 Å². The van der Waals surface area contributed by atoms with Crippen molar-refractivity contribution in [2.75, 3.05) is 14.1 Å². The minimum atomic E-state index is -1.75. The van der Waals surface area contributed by atoms with E-state index in [4.69, 9.17) is 5.11 Å². The molecule has 2 atom stereocenters. The van der Waals surface area contributed by atoms with Gasteiger partial charge in [-0.3, -0.25) is 13.8 Å². The molecule has 0 radical (unpaired) electrons. The third-order valence-corrected chi connectivity index (χ3v) is 4.15. The van der Waals surface area contributed by atoms with Gasteiger partial charge in [0.1, 0.15) is 10.00 Å². The fourth-order valence-corrected chi connectivity index (χ4v) is 2.43. The Balaban J connectivity index is 4.88. The lowest BCUT2D eigenvalue weighted by Crippen LogP contribution is -2.46. The van der Waals surface area contributed by atoms with E-state index in [0.717, 1.165) is 0 Å². The Morgan fingerprint density at radius 3 is 2.00 bits per heavy atom. The zero-order chi connectivity index (χ0) is 12.4. The van der Waals surface area contributed by atoms with Crippen LogP contribution in [0.2, 0.25) is 0 Å². The van der Waals surface area contributed by atoms with Crippen molar-refractivity contribution in [2.45, 2.75) is 30.8 Å². The normalized spacial score (nSPS) is 15.5. The summed E-state index contributed by atoms with van der Waals surface area (Å²) in [6.45, 7) is 4.18. The number of aliphatic carboxylic acids is 1. The number of carboxylic acid groups (broad SMARTS) is 1. The van der Waals surface area contributed by atoms with Crippen molar-refractivity contribution in [3.05, 3.63) is 0 Å². The van der Waals surface area contributed by atoms with Crippen LogP contribution >= 0.6 is 0 Å². The first-order valence-corrected chi connectivity index (χ1v) is 5.69. The van der Waals surface area contributed by atoms with Crippen LogP contribution in [0, 0.1) is 0 Å². The van der Waals surface area contributed by atoms with Gasteiger partial charge in [-0.1, -0.05) is 0 Å². The highest BCUT2D eigenvalue weighted by Crippen LogP contribution is 2.18. The predicted molar refractivity (Wildman–Crippen MR) is 58.0 cm³/mol. The Morgan fingerprint density at radius 1 is 1.33 bits per heavy atom. The van der Waals surface area contributed by atoms with Crippen LogP contribution in [0.3, 0.4) is 0 Å². The largest absolute Gasteiger partial charge is 0.480 e. The van der Waals surface area contributed by atoms with Gasteiger partial charge < -0.3 is 10.0 Å². The van der Waals surface area contributed by atoms with Crippen LogP contribution in [0.5, 0.6) is 0 Å². The molecule has 15 heavy (non-hydrogen) atoms. The highest BCUT2D eigenvalue weighted by Gasteiger charge is 2.40. The zero-order valence-electron chi connectivity index (χ0n) is 9.60. The molecule has 1 N–H and O–H groups in total. The first-order valence-electron chi connectivity index (χ1n) is 4.47. The second kappa shape index (κ2) is 4.74. The highest BCUT2D eigenvalue weighted by molar-refractivity contribution is 7.88. The monoisotopic (exact) mass is 235 g/mol. The van der Waals surface area contributed by atoms with Crippen molar-refractivity contribution in [3.8, 4) is 0 Å². The van der Waals surface area contributed by atoms with Crippen molar-refractivity contribution in [2.24, 2.45) is 0 Å². The molecule has 0 fully saturated rings. The van der Waals surface area contributed by atoms with Gasteiger partial charge in [0.25, 0.3) is 0 Å². The third-order valence-electron chi connectivity index (χ3n) is 2.13. The number of hydrogen-bond donors (Lipinski definition) is 1. The van der Waals surface area contributed by atoms with Gasteiger partial charge in [0.05, 0.1) is 10.8 Å². The van der Waals surface area contributed by atoms with E-state index in [1.807, 2.05) is 0 Å². The van der Waals surface area contributed by atoms with E-state index in [1.54, 1.807) is 14.1 Å². The van der Waals surface area contributed by atoms with Crippen molar-refractivity contribution >= 4 is 22.7 Å². The van der Waals surface area contributed by atoms with Gasteiger partial charge >= 0.3 is 5.97 Å². The van der Waals surface area contributed by atoms with E-state index in [1.165, 1.54) is 25.7 Å². The van der Waals surface area contributed by atoms with Gasteiger partial charge in [-0.05, 0) is 20.8 Å². The molecule has 5 nitrogen and oxygen atoms in total. The first-order chi connectivity index (χ1) is 6.62. The summed E-state index contributed by atoms with van der Waals surface area (Å²) in [6, 6.07) is 0. The van der Waals surface area contributed by atoms with Gasteiger partial charge in [0, 0.05) is 14.1 Å². The summed E-state index contributed by atoms with van der Waals surface area (Å²) in [7, 11) is 1.34. The van der Waals surface area contributed by atoms with E-state index < -0.39 is 26.8 Å². The van der Waals surface area contributed by atoms with Crippen LogP contribution in [0.15, 0.2) is 0 Å². The number of nitrogens with zero attached hydrogens (tertiary/aromatic N) is 1. The van der Waals surface area contributed by atoms with E-state index in [2.05, 4.69) is 0 Å². The second-order valence-electron chi connectivity index (χ2n) is 3.99. The maximum atomic E-state index is 11.8. The molecule has 0 rings (SSSR count). The average molecular weight is 235 g/mol. The molecule has 0 saturated carbocycles. The maximum absolute atomic E-state index is 11.8. The quantitative estimate of drug-likeness (QED) is 0.748. The highest BCUT2D eigenvalue weighted by atomic mass is 32.2. The maximum Gasteiger partial charge on any atom is 0.321 e. The fraction of sp³-hybridized carbons (Fsp3) is 0.778. The standard InChI is InChI=1S/C9H17NO4S/c1-6(7(11)10(4)5)15(14)9(2,3)8(12)13/h6H,1-5H3,(H,12,13). The molecule has 0 aliphatic rings. The third kappa shape index (κ3) is 3.02. The van der Waals surface area contributed by atoms with Crippen molar-refractivity contribution in [1.82, 2.24) is 4.90 Å². The molecule has 0 aromatic heterocycles. The number of amides is 1. The van der Waals surface area contributed by atoms with Crippen LogP contribution in [0.4, 0.5) is 0 Å². The molecular formula is C9H17NO4S. The lowest BCUT2D eigenvalue weighted by molar-refractivity contribution is -0.139. The number of carbonyl (C=O) groups excluding carboxylic acids is 1. The summed E-state index contributed by atoms with van der Waals surface area (Å²) in [5, 5.41) is 8.05. The van der Waals surface area contributed by atoms with Crippen molar-refractivity contribution in [3.63, 3.8) is 0 Å². The van der Waals surface area contributed by atoms with Gasteiger partial charge in [-0.2, -0.15) is 0 Å². The lowest BCUT2D eigenvalue weighted by Gasteiger charge is -2.24. The minimum absolute atomic E-state index is 0.331. The number of rotatable bonds is 4. The van der Waals surface area contributed by atoms with E-state index in [-0.39, 0.29) is 5.91 Å². The molecule has 0 aliphatic heterocycles. The van der Waals surface area contributed by atoms with Crippen LogP contribution in [-0.4, -0.2) is 50.2 Å². The van der Waals surface area contributed by atoms with Crippen LogP contribution in [-0.2, 0) is 20.4 Å². The number of carboxylic acids is 1. The molecular weight excluding hydrogens is 218 g/mol. The fourth-order valence-electron chi connectivity index (χ4n) is 0.983. The zero-order valence-corrected chi connectivity index (χ0v) is 10.4. The van der Waals surface area contributed by atoms with Crippen LogP contribution in [0.1, 0.15) is 20.8 Å². The molecule has 0 bridgehead atoms. The van der Waals surface area contributed by atoms with E-state index >= 15 is 0 Å². The predicted octanol–water partition coefficient (Wildman–Crippen LogP) is 0.0750. The van der Waals surface area contributed by atoms with Gasteiger partial charge in [-0.15, -0.1) is 0 Å². The summed E-state index contributed by atoms with van der Waals surface area (Å²) >= 11 is 0. The lowest BCUT2D eigenvalue weighted by atomic mass is 10.2. The van der Waals surface area contributed by atoms with Crippen molar-refractivity contribution in [1.29, 1.82) is 0 Å². The summed E-state index contributed by atoms with van der Waals surface area (Å²) in [4.78, 5) is 23.6. The average Bonchev–Trinajstić information content (AvgIpc) is 2.13. The molecule has 0 heterocycles. The summed E-state index contributed by atoms with van der Waals surface area (Å²) < 4.78 is 10.4. The van der Waals surface area contributed by atoms with Gasteiger partial charge in [0.15, 0.2) is 0 Å². The molecule has 1 amide bonds. The molecule has 0 saturated heterocycles. The first kappa shape index (κ1) is 14.1. The van der Waals surface area contributed by atoms with Crippen LogP contribution < -0.4 is 0 Å². The van der Waals surface area contributed by atoms with Crippen molar-refractivity contribution < 1.29 is 18.9 Å². The Hall–Kier alpha value is -0.910. The molecule has 0 aromatic rings. The molecule has 2 unspecified atom stereocenters. The molecule has 6 heteroatoms. The Kier molecular flexibility index (Phi) is 4.45. The minimum Gasteiger partial charge on any atom is -0.480 e. The SMILES string of the molecule is CC(C(=O)N(C)C)S(=O)C(C)(C)C(=O)O. The molecule has 0 spiro atoms. The van der Waals surface area contributed by atoms with Gasteiger partial charge in [-0.25, -0.2) is 0 Å². The summed E-state index contributed by atoms with van der Waals surface area (Å²) in [5.74, 6) is -1.50. The van der Waals surface area contributed by atoms with Crippen LogP contribution in [0.25, 0.3) is 0 Å². The Morgan fingerprint density at radius 2 is 1.73 bits per heavy atom. The number of hydrogen-bond acceptors (Lipinski definition) is 3. The van der Waals surface area contributed by atoms with E-state index in [9.17, 15) is 13.8 Å².